The van der Waals surface area contributed by atoms with E-state index in [9.17, 15) is 5.11 Å². The van der Waals surface area contributed by atoms with E-state index in [1.54, 1.807) is 0 Å². The highest BCUT2D eigenvalue weighted by Gasteiger charge is 2.21. The van der Waals surface area contributed by atoms with Gasteiger partial charge >= 0.3 is 0 Å². The minimum atomic E-state index is -0.222. The van der Waals surface area contributed by atoms with E-state index in [-0.39, 0.29) is 13.7 Å². The predicted molar refractivity (Wildman–Crippen MR) is 58.8 cm³/mol. The summed E-state index contributed by atoms with van der Waals surface area (Å²) >= 11 is 0. The Morgan fingerprint density at radius 1 is 1.29 bits per heavy atom. The van der Waals surface area contributed by atoms with Crippen molar-refractivity contribution in [1.29, 1.82) is 0 Å². The average Bonchev–Trinajstić information content (AvgIpc) is 2.54. The van der Waals surface area contributed by atoms with E-state index in [2.05, 4.69) is 17.0 Å². The summed E-state index contributed by atoms with van der Waals surface area (Å²) in [4.78, 5) is 2.12. The molecular weight excluding hydrogens is 174 g/mol. The molecule has 78 valence electrons. The van der Waals surface area contributed by atoms with Crippen molar-refractivity contribution in [2.45, 2.75) is 33.0 Å². The first-order valence-electron chi connectivity index (χ1n) is 4.82. The zero-order valence-electron chi connectivity index (χ0n) is 7.69. The van der Waals surface area contributed by atoms with Gasteiger partial charge in [0.05, 0.1) is 0 Å². The fourth-order valence-corrected chi connectivity index (χ4v) is 1.81. The van der Waals surface area contributed by atoms with Crippen molar-refractivity contribution >= 4 is 0 Å². The van der Waals surface area contributed by atoms with Gasteiger partial charge in [-0.1, -0.05) is 37.8 Å². The molecule has 2 nitrogen and oxygen atoms in total. The van der Waals surface area contributed by atoms with Crippen LogP contribution in [0.15, 0.2) is 30.3 Å². The molecule has 2 heteroatoms. The second-order valence-corrected chi connectivity index (χ2v) is 3.58. The molecule has 1 fully saturated rings. The third-order valence-electron chi connectivity index (χ3n) is 2.56. The minimum absolute atomic E-state index is 0. The number of aliphatic hydroxyl groups excluding tert-OH is 1. The topological polar surface area (TPSA) is 23.5 Å². The van der Waals surface area contributed by atoms with Crippen LogP contribution in [-0.4, -0.2) is 22.8 Å². The highest BCUT2D eigenvalue weighted by atomic mass is 16.3. The van der Waals surface area contributed by atoms with Crippen LogP contribution in [0.5, 0.6) is 0 Å². The van der Waals surface area contributed by atoms with Gasteiger partial charge in [-0.15, -0.1) is 0 Å². The van der Waals surface area contributed by atoms with E-state index in [4.69, 9.17) is 0 Å². The molecule has 0 aromatic heterocycles. The normalized spacial score (nSPS) is 21.9. The van der Waals surface area contributed by atoms with Crippen molar-refractivity contribution < 1.29 is 5.11 Å². The lowest BCUT2D eigenvalue weighted by atomic mass is 10.2. The molecule has 1 heterocycles. The summed E-state index contributed by atoms with van der Waals surface area (Å²) < 4.78 is 0. The van der Waals surface area contributed by atoms with Crippen LogP contribution in [0.2, 0.25) is 0 Å². The summed E-state index contributed by atoms with van der Waals surface area (Å²) in [5.74, 6) is 0. The Hall–Kier alpha value is -0.860. The van der Waals surface area contributed by atoms with Gasteiger partial charge in [0.2, 0.25) is 0 Å². The summed E-state index contributed by atoms with van der Waals surface area (Å²) in [7, 11) is 0. The molecule has 1 unspecified atom stereocenters. The van der Waals surface area contributed by atoms with Crippen LogP contribution < -0.4 is 0 Å². The Kier molecular flexibility index (Phi) is 4.11. The number of nitrogens with zero attached hydrogens (tertiary/aromatic N) is 1. The summed E-state index contributed by atoms with van der Waals surface area (Å²) in [5, 5.41) is 9.58. The molecular formula is C12H19NO. The van der Waals surface area contributed by atoms with E-state index in [0.717, 1.165) is 25.9 Å². The van der Waals surface area contributed by atoms with Gasteiger partial charge in [-0.05, 0) is 18.4 Å². The van der Waals surface area contributed by atoms with Gasteiger partial charge in [0.1, 0.15) is 6.23 Å². The van der Waals surface area contributed by atoms with Gasteiger partial charge in [0.15, 0.2) is 0 Å². The monoisotopic (exact) mass is 193 g/mol. The summed E-state index contributed by atoms with van der Waals surface area (Å²) in [6.45, 7) is 1.90. The van der Waals surface area contributed by atoms with Crippen molar-refractivity contribution in [2.75, 3.05) is 6.54 Å². The molecule has 0 saturated carbocycles. The molecule has 0 bridgehead atoms. The maximum atomic E-state index is 9.58. The smallest absolute Gasteiger partial charge is 0.107 e. The third-order valence-corrected chi connectivity index (χ3v) is 2.56. The van der Waals surface area contributed by atoms with Gasteiger partial charge in [0.25, 0.3) is 0 Å². The zero-order chi connectivity index (χ0) is 9.10. The molecule has 1 aromatic carbocycles. The van der Waals surface area contributed by atoms with Gasteiger partial charge in [0, 0.05) is 13.1 Å². The molecule has 0 radical (unpaired) electrons. The van der Waals surface area contributed by atoms with E-state index in [1.165, 1.54) is 5.56 Å². The van der Waals surface area contributed by atoms with Crippen LogP contribution in [0.25, 0.3) is 0 Å². The van der Waals surface area contributed by atoms with Crippen LogP contribution in [0, 0.1) is 0 Å². The number of hydrogen-bond donors (Lipinski definition) is 1. The number of hydrogen-bond acceptors (Lipinski definition) is 2. The quantitative estimate of drug-likeness (QED) is 0.778. The lowest BCUT2D eigenvalue weighted by Gasteiger charge is -2.19. The first-order valence-corrected chi connectivity index (χ1v) is 4.82. The molecule has 14 heavy (non-hydrogen) atoms. The molecule has 0 aliphatic carbocycles. The van der Waals surface area contributed by atoms with Gasteiger partial charge in [-0.3, -0.25) is 4.90 Å². The Balaban J connectivity index is 0.000000980. The zero-order valence-corrected chi connectivity index (χ0v) is 7.69. The van der Waals surface area contributed by atoms with Crippen LogP contribution in [0.4, 0.5) is 0 Å². The van der Waals surface area contributed by atoms with E-state index >= 15 is 0 Å². The summed E-state index contributed by atoms with van der Waals surface area (Å²) in [5.41, 5.74) is 1.28. The Morgan fingerprint density at radius 3 is 2.57 bits per heavy atom. The lowest BCUT2D eigenvalue weighted by molar-refractivity contribution is 0.0328. The fraction of sp³-hybridized carbons (Fsp3) is 0.500. The number of likely N-dealkylation sites (tertiary alicyclic amines) is 1. The summed E-state index contributed by atoms with van der Waals surface area (Å²) in [6.07, 6.45) is 1.82. The highest BCUT2D eigenvalue weighted by Crippen LogP contribution is 2.17. The van der Waals surface area contributed by atoms with Crippen LogP contribution in [0.3, 0.4) is 0 Å². The van der Waals surface area contributed by atoms with Crippen molar-refractivity contribution in [1.82, 2.24) is 4.90 Å². The third kappa shape index (κ3) is 2.56. The van der Waals surface area contributed by atoms with E-state index in [0.29, 0.717) is 0 Å². The Labute approximate surface area is 86.2 Å². The minimum Gasteiger partial charge on any atom is -0.378 e. The van der Waals surface area contributed by atoms with E-state index in [1.807, 2.05) is 18.2 Å². The molecule has 2 rings (SSSR count). The second kappa shape index (κ2) is 5.13. The number of rotatable bonds is 2. The largest absolute Gasteiger partial charge is 0.378 e. The summed E-state index contributed by atoms with van der Waals surface area (Å²) in [6, 6.07) is 10.3. The molecule has 1 aliphatic heterocycles. The SMILES string of the molecule is C.OC1CCCN1Cc1ccccc1. The predicted octanol–water partition coefficient (Wildman–Crippen LogP) is 2.24. The van der Waals surface area contributed by atoms with Crippen LogP contribution in [0.1, 0.15) is 25.8 Å². The molecule has 1 aliphatic rings. The standard InChI is InChI=1S/C11H15NO.CH4/c13-11-7-4-8-12(11)9-10-5-2-1-3-6-10;/h1-3,5-6,11,13H,4,7-9H2;1H4. The molecule has 1 N–H and O–H groups in total. The van der Waals surface area contributed by atoms with Crippen molar-refractivity contribution in [3.8, 4) is 0 Å². The highest BCUT2D eigenvalue weighted by molar-refractivity contribution is 5.14. The van der Waals surface area contributed by atoms with Gasteiger partial charge in [-0.2, -0.15) is 0 Å². The van der Waals surface area contributed by atoms with Gasteiger partial charge in [-0.25, -0.2) is 0 Å². The van der Waals surface area contributed by atoms with Crippen LogP contribution >= 0.6 is 0 Å². The van der Waals surface area contributed by atoms with Crippen molar-refractivity contribution in [3.63, 3.8) is 0 Å². The maximum absolute atomic E-state index is 9.58. The van der Waals surface area contributed by atoms with Gasteiger partial charge < -0.3 is 5.11 Å². The maximum Gasteiger partial charge on any atom is 0.107 e. The molecule has 0 amide bonds. The Bertz CT molecular complexity index is 260. The Morgan fingerprint density at radius 2 is 2.00 bits per heavy atom. The molecule has 1 saturated heterocycles. The second-order valence-electron chi connectivity index (χ2n) is 3.58. The molecule has 0 spiro atoms. The van der Waals surface area contributed by atoms with Crippen molar-refractivity contribution in [2.24, 2.45) is 0 Å². The van der Waals surface area contributed by atoms with Crippen molar-refractivity contribution in [3.05, 3.63) is 35.9 Å². The molecule has 1 aromatic rings. The van der Waals surface area contributed by atoms with E-state index < -0.39 is 0 Å². The fourth-order valence-electron chi connectivity index (χ4n) is 1.81. The lowest BCUT2D eigenvalue weighted by Crippen LogP contribution is -2.28. The number of benzene rings is 1. The molecule has 1 atom stereocenters. The van der Waals surface area contributed by atoms with Crippen LogP contribution in [-0.2, 0) is 6.54 Å². The first-order chi connectivity index (χ1) is 6.36. The number of aliphatic hydroxyl groups is 1. The first kappa shape index (κ1) is 11.2. The average molecular weight is 193 g/mol.